The van der Waals surface area contributed by atoms with Crippen LogP contribution < -0.4 is 9.47 Å². The first-order chi connectivity index (χ1) is 15.5. The Morgan fingerprint density at radius 2 is 1.67 bits per heavy atom. The van der Waals surface area contributed by atoms with Crippen LogP contribution in [0.3, 0.4) is 0 Å². The summed E-state index contributed by atoms with van der Waals surface area (Å²) in [6, 6.07) is 13.7. The second-order valence-corrected chi connectivity index (χ2v) is 15.2. The number of hydrogen-bond acceptors (Lipinski definition) is 5. The molecule has 7 heteroatoms. The Kier molecular flexibility index (Phi) is 5.87. The van der Waals surface area contributed by atoms with Gasteiger partial charge in [-0.05, 0) is 53.4 Å². The summed E-state index contributed by atoms with van der Waals surface area (Å²) in [6.45, 7) is 11.1. The molecule has 4 rings (SSSR count). The molecule has 1 fully saturated rings. The highest BCUT2D eigenvalue weighted by Crippen LogP contribution is 2.52. The topological polar surface area (TPSA) is 68.2 Å². The third-order valence-electron chi connectivity index (χ3n) is 7.72. The molecule has 0 bridgehead atoms. The first-order valence-corrected chi connectivity index (χ1v) is 14.4. The first kappa shape index (κ1) is 23.8. The Labute approximate surface area is 197 Å². The zero-order valence-electron chi connectivity index (χ0n) is 20.6. The van der Waals surface area contributed by atoms with E-state index >= 15 is 0 Å². The molecule has 1 amide bonds. The van der Waals surface area contributed by atoms with Crippen LogP contribution in [0.25, 0.3) is 0 Å². The molecular formula is C26H35NO5Si. The standard InChI is InChI=1S/C26H35NO5Si/c1-25(2,3)33(6,7)32-22-23(28)26(18-11-9-8-10-12-18)19-16-21(31-5)20(30-4)15-17(19)13-14-27(26)24(22)29/h8-12,15-16,22-23,28H,13-14H2,1-7H3/t22-,23-,26-/m1/s1. The minimum atomic E-state index is -2.33. The van der Waals surface area contributed by atoms with Gasteiger partial charge in [-0.15, -0.1) is 0 Å². The molecule has 0 radical (unpaired) electrons. The van der Waals surface area contributed by atoms with E-state index in [2.05, 4.69) is 33.9 Å². The van der Waals surface area contributed by atoms with Crippen molar-refractivity contribution in [2.24, 2.45) is 0 Å². The van der Waals surface area contributed by atoms with E-state index in [4.69, 9.17) is 13.9 Å². The zero-order chi connectivity index (χ0) is 24.2. The maximum atomic E-state index is 13.8. The van der Waals surface area contributed by atoms with Gasteiger partial charge in [0.25, 0.3) is 5.91 Å². The Balaban J connectivity index is 1.94. The summed E-state index contributed by atoms with van der Waals surface area (Å²) in [4.78, 5) is 15.6. The van der Waals surface area contributed by atoms with Crippen LogP contribution in [0.15, 0.2) is 42.5 Å². The van der Waals surface area contributed by atoms with Crippen molar-refractivity contribution in [2.75, 3.05) is 20.8 Å². The number of aliphatic hydroxyl groups is 1. The normalized spacial score (nSPS) is 25.0. The molecule has 0 aliphatic carbocycles. The number of carbonyl (C=O) groups is 1. The largest absolute Gasteiger partial charge is 0.493 e. The molecule has 0 unspecified atom stereocenters. The number of fused-ring (bicyclic) bond motifs is 3. The molecule has 2 aromatic rings. The summed E-state index contributed by atoms with van der Waals surface area (Å²) < 4.78 is 17.7. The van der Waals surface area contributed by atoms with Gasteiger partial charge >= 0.3 is 0 Å². The smallest absolute Gasteiger partial charge is 0.254 e. The van der Waals surface area contributed by atoms with Gasteiger partial charge in [0.15, 0.2) is 25.9 Å². The van der Waals surface area contributed by atoms with Crippen molar-refractivity contribution in [1.82, 2.24) is 4.90 Å². The molecular weight excluding hydrogens is 434 g/mol. The second-order valence-electron chi connectivity index (χ2n) is 10.5. The second kappa shape index (κ2) is 8.15. The number of methoxy groups -OCH3 is 2. The van der Waals surface area contributed by atoms with Crippen LogP contribution in [0.1, 0.15) is 37.5 Å². The molecule has 3 atom stereocenters. The van der Waals surface area contributed by atoms with Gasteiger partial charge in [-0.2, -0.15) is 0 Å². The van der Waals surface area contributed by atoms with Gasteiger partial charge in [0, 0.05) is 6.54 Å². The third-order valence-corrected chi connectivity index (χ3v) is 12.2. The van der Waals surface area contributed by atoms with Crippen molar-refractivity contribution in [2.45, 2.75) is 63.1 Å². The summed E-state index contributed by atoms with van der Waals surface area (Å²) >= 11 is 0. The van der Waals surface area contributed by atoms with E-state index in [0.29, 0.717) is 24.5 Å². The average Bonchev–Trinajstić information content (AvgIpc) is 3.00. The van der Waals surface area contributed by atoms with Crippen LogP contribution in [0.4, 0.5) is 0 Å². The predicted molar refractivity (Wildman–Crippen MR) is 130 cm³/mol. The number of rotatable bonds is 5. The van der Waals surface area contributed by atoms with Gasteiger partial charge < -0.3 is 23.9 Å². The predicted octanol–water partition coefficient (Wildman–Crippen LogP) is 4.10. The number of carbonyl (C=O) groups excluding carboxylic acids is 1. The van der Waals surface area contributed by atoms with Gasteiger partial charge in [-0.3, -0.25) is 4.79 Å². The van der Waals surface area contributed by atoms with Gasteiger partial charge in [0.05, 0.1) is 14.2 Å². The lowest BCUT2D eigenvalue weighted by molar-refractivity contribution is -0.136. The number of hydrogen-bond donors (Lipinski definition) is 1. The molecule has 1 N–H and O–H groups in total. The quantitative estimate of drug-likeness (QED) is 0.668. The van der Waals surface area contributed by atoms with Gasteiger partial charge in [0.2, 0.25) is 0 Å². The van der Waals surface area contributed by atoms with Crippen molar-refractivity contribution < 1.29 is 23.8 Å². The fourth-order valence-corrected chi connectivity index (χ4v) is 6.15. The van der Waals surface area contributed by atoms with Crippen LogP contribution in [0.5, 0.6) is 11.5 Å². The number of nitrogens with zero attached hydrogens (tertiary/aromatic N) is 1. The van der Waals surface area contributed by atoms with Crippen LogP contribution in [-0.4, -0.2) is 57.2 Å². The average molecular weight is 470 g/mol. The van der Waals surface area contributed by atoms with Crippen molar-refractivity contribution in [3.8, 4) is 11.5 Å². The molecule has 2 aliphatic heterocycles. The van der Waals surface area contributed by atoms with Gasteiger partial charge in [0.1, 0.15) is 11.6 Å². The van der Waals surface area contributed by atoms with Crippen LogP contribution in [0.2, 0.25) is 18.1 Å². The van der Waals surface area contributed by atoms with Crippen LogP contribution in [0, 0.1) is 0 Å². The number of amides is 1. The molecule has 2 heterocycles. The fraction of sp³-hybridized carbons (Fsp3) is 0.500. The van der Waals surface area contributed by atoms with E-state index in [0.717, 1.165) is 16.7 Å². The van der Waals surface area contributed by atoms with Crippen molar-refractivity contribution in [3.05, 3.63) is 59.2 Å². The SMILES string of the molecule is COc1cc2c(cc1OC)[C@]1(c3ccccc3)[C@H](O)[C@@H](O[Si](C)(C)C(C)(C)C)C(=O)N1CC2. The fourth-order valence-electron chi connectivity index (χ4n) is 4.93. The summed E-state index contributed by atoms with van der Waals surface area (Å²) in [5.74, 6) is 1.05. The lowest BCUT2D eigenvalue weighted by atomic mass is 9.73. The lowest BCUT2D eigenvalue weighted by Gasteiger charge is -2.46. The van der Waals surface area contributed by atoms with Gasteiger partial charge in [-0.25, -0.2) is 0 Å². The Hall–Kier alpha value is -2.35. The summed E-state index contributed by atoms with van der Waals surface area (Å²) in [5, 5.41) is 11.9. The molecule has 178 valence electrons. The molecule has 2 aliphatic rings. The highest BCUT2D eigenvalue weighted by molar-refractivity contribution is 6.74. The Bertz CT molecular complexity index is 1050. The molecule has 2 aromatic carbocycles. The Morgan fingerprint density at radius 3 is 2.24 bits per heavy atom. The molecule has 0 saturated carbocycles. The van der Waals surface area contributed by atoms with Crippen molar-refractivity contribution in [3.63, 3.8) is 0 Å². The highest BCUT2D eigenvalue weighted by atomic mass is 28.4. The zero-order valence-corrected chi connectivity index (χ0v) is 21.6. The van der Waals surface area contributed by atoms with E-state index in [1.54, 1.807) is 14.2 Å². The third kappa shape index (κ3) is 3.48. The van der Waals surface area contributed by atoms with Crippen molar-refractivity contribution >= 4 is 14.2 Å². The van der Waals surface area contributed by atoms with Crippen LogP contribution in [-0.2, 0) is 21.2 Å². The van der Waals surface area contributed by atoms with E-state index in [1.165, 1.54) is 0 Å². The minimum absolute atomic E-state index is 0.0928. The highest BCUT2D eigenvalue weighted by Gasteiger charge is 2.63. The van der Waals surface area contributed by atoms with E-state index in [-0.39, 0.29) is 10.9 Å². The molecule has 6 nitrogen and oxygen atoms in total. The summed E-state index contributed by atoms with van der Waals surface area (Å²) in [6.07, 6.45) is -1.33. The Morgan fingerprint density at radius 1 is 1.06 bits per heavy atom. The minimum Gasteiger partial charge on any atom is -0.493 e. The number of benzene rings is 2. The first-order valence-electron chi connectivity index (χ1n) is 11.5. The maximum Gasteiger partial charge on any atom is 0.254 e. The monoisotopic (exact) mass is 469 g/mol. The summed E-state index contributed by atoms with van der Waals surface area (Å²) in [5.41, 5.74) is 1.70. The van der Waals surface area contributed by atoms with E-state index in [9.17, 15) is 9.90 Å². The number of ether oxygens (including phenoxy) is 2. The van der Waals surface area contributed by atoms with Gasteiger partial charge in [-0.1, -0.05) is 51.1 Å². The van der Waals surface area contributed by atoms with E-state index in [1.807, 2.05) is 47.4 Å². The molecule has 0 aromatic heterocycles. The van der Waals surface area contributed by atoms with E-state index < -0.39 is 26.1 Å². The number of aliphatic hydroxyl groups excluding tert-OH is 1. The summed E-state index contributed by atoms with van der Waals surface area (Å²) in [7, 11) is 0.883. The molecule has 0 spiro atoms. The maximum absolute atomic E-state index is 13.8. The van der Waals surface area contributed by atoms with Crippen LogP contribution >= 0.6 is 0 Å². The lowest BCUT2D eigenvalue weighted by Crippen LogP contribution is -2.54. The molecule has 33 heavy (non-hydrogen) atoms. The van der Waals surface area contributed by atoms with Crippen molar-refractivity contribution in [1.29, 1.82) is 0 Å². The molecule has 1 saturated heterocycles.